The van der Waals surface area contributed by atoms with E-state index in [1.807, 2.05) is 25.1 Å². The molecule has 0 aliphatic heterocycles. The van der Waals surface area contributed by atoms with Crippen LogP contribution in [0, 0.1) is 0 Å². The lowest BCUT2D eigenvalue weighted by Gasteiger charge is -2.13. The van der Waals surface area contributed by atoms with E-state index in [4.69, 9.17) is 15.3 Å². The Bertz CT molecular complexity index is 280. The molecule has 0 saturated carbocycles. The second-order valence-corrected chi connectivity index (χ2v) is 3.03. The summed E-state index contributed by atoms with van der Waals surface area (Å²) in [6, 6.07) is 5.74. The maximum absolute atomic E-state index is 5.36. The molecule has 0 saturated heterocycles. The Labute approximate surface area is 84.0 Å². The monoisotopic (exact) mass is 196 g/mol. The Balaban J connectivity index is 3.04. The van der Waals surface area contributed by atoms with Crippen molar-refractivity contribution in [3.8, 4) is 11.5 Å². The molecule has 14 heavy (non-hydrogen) atoms. The Morgan fingerprint density at radius 1 is 1.14 bits per heavy atom. The van der Waals surface area contributed by atoms with Crippen LogP contribution in [-0.2, 0) is 0 Å². The van der Waals surface area contributed by atoms with Gasteiger partial charge >= 0.3 is 0 Å². The smallest absolute Gasteiger partial charge is 0.122 e. The summed E-state index contributed by atoms with van der Waals surface area (Å²) in [5, 5.41) is 0. The van der Waals surface area contributed by atoms with Gasteiger partial charge in [-0.05, 0) is 24.6 Å². The maximum Gasteiger partial charge on any atom is 0.122 e. The summed E-state index contributed by atoms with van der Waals surface area (Å²) in [7, 11) is 3.25. The standard InChI is InChI=1S/C10H16N2O2/c1-7(12-11)8-4-9(13-2)6-10(5-8)14-3/h4-7,12H,11H2,1-3H3. The van der Waals surface area contributed by atoms with Crippen LogP contribution in [0.1, 0.15) is 18.5 Å². The Morgan fingerprint density at radius 3 is 2.00 bits per heavy atom. The van der Waals surface area contributed by atoms with E-state index in [1.54, 1.807) is 14.2 Å². The van der Waals surface area contributed by atoms with E-state index in [2.05, 4.69) is 5.43 Å². The minimum Gasteiger partial charge on any atom is -0.497 e. The van der Waals surface area contributed by atoms with Crippen LogP contribution in [0.5, 0.6) is 11.5 Å². The predicted octanol–water partition coefficient (Wildman–Crippen LogP) is 1.23. The first kappa shape index (κ1) is 10.8. The van der Waals surface area contributed by atoms with Gasteiger partial charge < -0.3 is 9.47 Å². The molecule has 0 heterocycles. The quantitative estimate of drug-likeness (QED) is 0.561. The van der Waals surface area contributed by atoms with Crippen molar-refractivity contribution in [2.75, 3.05) is 14.2 Å². The maximum atomic E-state index is 5.36. The van der Waals surface area contributed by atoms with Gasteiger partial charge in [0.25, 0.3) is 0 Å². The zero-order chi connectivity index (χ0) is 10.6. The van der Waals surface area contributed by atoms with Crippen molar-refractivity contribution in [3.63, 3.8) is 0 Å². The molecule has 0 aliphatic rings. The molecule has 0 spiro atoms. The molecule has 1 aromatic rings. The van der Waals surface area contributed by atoms with E-state index < -0.39 is 0 Å². The fourth-order valence-electron chi connectivity index (χ4n) is 1.18. The van der Waals surface area contributed by atoms with Gasteiger partial charge in [-0.1, -0.05) is 0 Å². The highest BCUT2D eigenvalue weighted by atomic mass is 16.5. The van der Waals surface area contributed by atoms with Gasteiger partial charge in [-0.2, -0.15) is 0 Å². The van der Waals surface area contributed by atoms with Crippen LogP contribution in [0.15, 0.2) is 18.2 Å². The molecule has 78 valence electrons. The number of rotatable bonds is 4. The first-order chi connectivity index (χ1) is 6.71. The molecule has 1 rings (SSSR count). The van der Waals surface area contributed by atoms with Gasteiger partial charge in [0.05, 0.1) is 14.2 Å². The van der Waals surface area contributed by atoms with Crippen molar-refractivity contribution in [1.29, 1.82) is 0 Å². The average molecular weight is 196 g/mol. The van der Waals surface area contributed by atoms with Crippen molar-refractivity contribution >= 4 is 0 Å². The molecule has 0 aliphatic carbocycles. The second kappa shape index (κ2) is 4.83. The van der Waals surface area contributed by atoms with Gasteiger partial charge in [-0.25, -0.2) is 0 Å². The molecule has 3 N–H and O–H groups in total. The molecule has 1 aromatic carbocycles. The van der Waals surface area contributed by atoms with E-state index >= 15 is 0 Å². The number of hydrogen-bond acceptors (Lipinski definition) is 4. The highest BCUT2D eigenvalue weighted by Gasteiger charge is 2.06. The van der Waals surface area contributed by atoms with Gasteiger partial charge in [0.1, 0.15) is 11.5 Å². The highest BCUT2D eigenvalue weighted by Crippen LogP contribution is 2.25. The number of nitrogens with one attached hydrogen (secondary N) is 1. The Kier molecular flexibility index (Phi) is 3.73. The van der Waals surface area contributed by atoms with Crippen LogP contribution in [0.4, 0.5) is 0 Å². The van der Waals surface area contributed by atoms with E-state index in [-0.39, 0.29) is 6.04 Å². The summed E-state index contributed by atoms with van der Waals surface area (Å²) in [5.74, 6) is 6.89. The van der Waals surface area contributed by atoms with Crippen LogP contribution in [0.3, 0.4) is 0 Å². The largest absolute Gasteiger partial charge is 0.497 e. The summed E-state index contributed by atoms with van der Waals surface area (Å²) in [5.41, 5.74) is 3.70. The van der Waals surface area contributed by atoms with Crippen molar-refractivity contribution in [2.24, 2.45) is 5.84 Å². The number of methoxy groups -OCH3 is 2. The van der Waals surface area contributed by atoms with Gasteiger partial charge in [-0.15, -0.1) is 0 Å². The summed E-state index contributed by atoms with van der Waals surface area (Å²) in [6.07, 6.45) is 0. The summed E-state index contributed by atoms with van der Waals surface area (Å²) in [6.45, 7) is 1.97. The number of nitrogens with two attached hydrogens (primary N) is 1. The molecule has 0 amide bonds. The lowest BCUT2D eigenvalue weighted by Crippen LogP contribution is -2.25. The van der Waals surface area contributed by atoms with Gasteiger partial charge in [0.15, 0.2) is 0 Å². The first-order valence-corrected chi connectivity index (χ1v) is 4.40. The highest BCUT2D eigenvalue weighted by molar-refractivity contribution is 5.39. The Morgan fingerprint density at radius 2 is 1.64 bits per heavy atom. The number of ether oxygens (including phenoxy) is 2. The number of hydrazine groups is 1. The predicted molar refractivity (Wildman–Crippen MR) is 55.3 cm³/mol. The number of benzene rings is 1. The van der Waals surface area contributed by atoms with Crippen molar-refractivity contribution in [2.45, 2.75) is 13.0 Å². The van der Waals surface area contributed by atoms with E-state index in [0.29, 0.717) is 0 Å². The molecule has 0 fully saturated rings. The average Bonchev–Trinajstić information content (AvgIpc) is 2.27. The van der Waals surface area contributed by atoms with Crippen LogP contribution in [0.2, 0.25) is 0 Å². The van der Waals surface area contributed by atoms with E-state index in [9.17, 15) is 0 Å². The molecular formula is C10H16N2O2. The molecule has 0 radical (unpaired) electrons. The Hall–Kier alpha value is -1.26. The van der Waals surface area contributed by atoms with Crippen LogP contribution < -0.4 is 20.7 Å². The van der Waals surface area contributed by atoms with Gasteiger partial charge in [0.2, 0.25) is 0 Å². The number of hydrogen-bond donors (Lipinski definition) is 2. The summed E-state index contributed by atoms with van der Waals surface area (Å²) >= 11 is 0. The minimum absolute atomic E-state index is 0.0685. The third-order valence-corrected chi connectivity index (χ3v) is 2.12. The fourth-order valence-corrected chi connectivity index (χ4v) is 1.18. The molecule has 0 aromatic heterocycles. The molecule has 1 unspecified atom stereocenters. The minimum atomic E-state index is 0.0685. The van der Waals surface area contributed by atoms with Crippen LogP contribution >= 0.6 is 0 Å². The summed E-state index contributed by atoms with van der Waals surface area (Å²) < 4.78 is 10.3. The van der Waals surface area contributed by atoms with E-state index in [1.165, 1.54) is 0 Å². The van der Waals surface area contributed by atoms with Gasteiger partial charge in [0, 0.05) is 12.1 Å². The van der Waals surface area contributed by atoms with Crippen molar-refractivity contribution in [1.82, 2.24) is 5.43 Å². The molecule has 4 nitrogen and oxygen atoms in total. The SMILES string of the molecule is COc1cc(OC)cc(C(C)NN)c1. The second-order valence-electron chi connectivity index (χ2n) is 3.03. The normalized spacial score (nSPS) is 12.3. The zero-order valence-corrected chi connectivity index (χ0v) is 8.70. The molecular weight excluding hydrogens is 180 g/mol. The molecule has 0 bridgehead atoms. The zero-order valence-electron chi connectivity index (χ0n) is 8.70. The lowest BCUT2D eigenvalue weighted by molar-refractivity contribution is 0.392. The first-order valence-electron chi connectivity index (χ1n) is 4.40. The van der Waals surface area contributed by atoms with Gasteiger partial charge in [-0.3, -0.25) is 11.3 Å². The van der Waals surface area contributed by atoms with Crippen LogP contribution in [-0.4, -0.2) is 14.2 Å². The fraction of sp³-hybridized carbons (Fsp3) is 0.400. The molecule has 4 heteroatoms. The topological polar surface area (TPSA) is 56.5 Å². The third-order valence-electron chi connectivity index (χ3n) is 2.12. The third kappa shape index (κ3) is 2.37. The van der Waals surface area contributed by atoms with E-state index in [0.717, 1.165) is 17.1 Å². The van der Waals surface area contributed by atoms with Crippen LogP contribution in [0.25, 0.3) is 0 Å². The van der Waals surface area contributed by atoms with Crippen molar-refractivity contribution in [3.05, 3.63) is 23.8 Å². The summed E-state index contributed by atoms with van der Waals surface area (Å²) in [4.78, 5) is 0. The molecule has 1 atom stereocenters. The lowest BCUT2D eigenvalue weighted by atomic mass is 10.1. The van der Waals surface area contributed by atoms with Crippen molar-refractivity contribution < 1.29 is 9.47 Å².